The Labute approximate surface area is 239 Å². The topological polar surface area (TPSA) is 104 Å². The van der Waals surface area contributed by atoms with Crippen molar-refractivity contribution in [3.63, 3.8) is 0 Å². The number of esters is 1. The number of furan rings is 1. The summed E-state index contributed by atoms with van der Waals surface area (Å²) in [6.07, 6.45) is -0.382. The number of rotatable bonds is 10. The lowest BCUT2D eigenvalue weighted by molar-refractivity contribution is -0.142. The molecule has 0 aliphatic heterocycles. The molecule has 4 aromatic rings. The molecule has 4 rings (SSSR count). The SMILES string of the molecule is CCOC(=O)Cc1ccccc1OCc1cc(-c2cccc(CNC(=O)OC(C)(C)C)c2)c2oc(C(C)=O)cc2c1. The highest BCUT2D eigenvalue weighted by molar-refractivity contribution is 6.00. The van der Waals surface area contributed by atoms with Crippen molar-refractivity contribution in [3.8, 4) is 16.9 Å². The van der Waals surface area contributed by atoms with Crippen LogP contribution in [0.15, 0.2) is 71.1 Å². The predicted octanol–water partition coefficient (Wildman–Crippen LogP) is 7.01. The monoisotopic (exact) mass is 557 g/mol. The highest BCUT2D eigenvalue weighted by Crippen LogP contribution is 2.34. The summed E-state index contributed by atoms with van der Waals surface area (Å²) >= 11 is 0. The second-order valence-corrected chi connectivity index (χ2v) is 10.7. The average Bonchev–Trinajstić information content (AvgIpc) is 3.35. The van der Waals surface area contributed by atoms with Crippen LogP contribution in [-0.4, -0.2) is 30.1 Å². The van der Waals surface area contributed by atoms with Gasteiger partial charge in [0.15, 0.2) is 11.5 Å². The summed E-state index contributed by atoms with van der Waals surface area (Å²) in [5.41, 5.74) is 4.09. The minimum atomic E-state index is -0.590. The first-order valence-corrected chi connectivity index (χ1v) is 13.5. The van der Waals surface area contributed by atoms with Gasteiger partial charge in [-0.1, -0.05) is 36.4 Å². The number of amides is 1. The summed E-state index contributed by atoms with van der Waals surface area (Å²) in [5.74, 6) is 0.368. The van der Waals surface area contributed by atoms with Crippen LogP contribution in [0.25, 0.3) is 22.1 Å². The number of hydrogen-bond donors (Lipinski definition) is 1. The van der Waals surface area contributed by atoms with E-state index < -0.39 is 11.7 Å². The molecule has 0 saturated heterocycles. The summed E-state index contributed by atoms with van der Waals surface area (Å²) < 4.78 is 22.6. The molecule has 0 atom stereocenters. The van der Waals surface area contributed by atoms with Gasteiger partial charge < -0.3 is 23.9 Å². The normalized spacial score (nSPS) is 11.2. The van der Waals surface area contributed by atoms with E-state index in [4.69, 9.17) is 18.6 Å². The zero-order valence-corrected chi connectivity index (χ0v) is 24.0. The molecule has 0 spiro atoms. The molecule has 0 saturated carbocycles. The number of benzene rings is 3. The Bertz CT molecular complexity index is 1560. The van der Waals surface area contributed by atoms with Gasteiger partial charge in [0.1, 0.15) is 23.5 Å². The van der Waals surface area contributed by atoms with Crippen LogP contribution in [0, 0.1) is 0 Å². The van der Waals surface area contributed by atoms with E-state index >= 15 is 0 Å². The number of para-hydroxylation sites is 1. The molecule has 8 nitrogen and oxygen atoms in total. The number of alkyl carbamates (subject to hydrolysis) is 1. The molecule has 3 aromatic carbocycles. The standard InChI is InChI=1S/C33H35NO7/c1-6-38-30(36)18-25-11-7-8-13-28(25)39-20-23-15-26-17-29(21(2)35)40-31(26)27(16-23)24-12-9-10-22(14-24)19-34-32(37)41-33(3,4)5/h7-17H,6,18-20H2,1-5H3,(H,34,37). The second-order valence-electron chi connectivity index (χ2n) is 10.7. The number of ether oxygens (including phenoxy) is 3. The van der Waals surface area contributed by atoms with Crippen molar-refractivity contribution < 1.29 is 33.0 Å². The van der Waals surface area contributed by atoms with Crippen molar-refractivity contribution in [1.29, 1.82) is 0 Å². The van der Waals surface area contributed by atoms with Gasteiger partial charge in [-0.15, -0.1) is 0 Å². The number of nitrogens with one attached hydrogen (secondary N) is 1. The van der Waals surface area contributed by atoms with Gasteiger partial charge in [0, 0.05) is 30.0 Å². The molecule has 0 bridgehead atoms. The molecule has 1 aromatic heterocycles. The molecule has 1 amide bonds. The molecule has 0 aliphatic rings. The first-order valence-electron chi connectivity index (χ1n) is 13.5. The van der Waals surface area contributed by atoms with E-state index in [1.807, 2.05) is 81.4 Å². The van der Waals surface area contributed by atoms with Crippen molar-refractivity contribution in [2.75, 3.05) is 6.61 Å². The number of Topliss-reactive ketones (excluding diaryl/α,β-unsaturated/α-hetero) is 1. The van der Waals surface area contributed by atoms with E-state index in [9.17, 15) is 14.4 Å². The molecule has 1 heterocycles. The maximum absolute atomic E-state index is 12.2. The lowest BCUT2D eigenvalue weighted by atomic mass is 9.99. The van der Waals surface area contributed by atoms with Gasteiger partial charge in [0.2, 0.25) is 0 Å². The molecule has 0 aliphatic carbocycles. The first-order chi connectivity index (χ1) is 19.5. The summed E-state index contributed by atoms with van der Waals surface area (Å²) in [6.45, 7) is 9.49. The summed E-state index contributed by atoms with van der Waals surface area (Å²) in [6, 6.07) is 20.7. The van der Waals surface area contributed by atoms with Crippen LogP contribution >= 0.6 is 0 Å². The molecule has 1 N–H and O–H groups in total. The number of ketones is 1. The Morgan fingerprint density at radius 2 is 1.71 bits per heavy atom. The molecular formula is C33H35NO7. The maximum atomic E-state index is 12.2. The van der Waals surface area contributed by atoms with Gasteiger partial charge in [0.25, 0.3) is 0 Å². The van der Waals surface area contributed by atoms with E-state index in [1.165, 1.54) is 6.92 Å². The van der Waals surface area contributed by atoms with Crippen molar-refractivity contribution in [2.45, 2.75) is 59.8 Å². The Hall–Kier alpha value is -4.59. The molecule has 41 heavy (non-hydrogen) atoms. The van der Waals surface area contributed by atoms with Gasteiger partial charge in [-0.3, -0.25) is 9.59 Å². The van der Waals surface area contributed by atoms with E-state index in [2.05, 4.69) is 5.32 Å². The van der Waals surface area contributed by atoms with E-state index in [0.717, 1.165) is 33.2 Å². The first kappa shape index (κ1) is 29.4. The zero-order chi connectivity index (χ0) is 29.6. The lowest BCUT2D eigenvalue weighted by Gasteiger charge is -2.19. The average molecular weight is 558 g/mol. The Morgan fingerprint density at radius 3 is 2.44 bits per heavy atom. The third-order valence-corrected chi connectivity index (χ3v) is 6.10. The Balaban J connectivity index is 1.62. The Kier molecular flexibility index (Phi) is 9.12. The van der Waals surface area contributed by atoms with E-state index in [-0.39, 0.29) is 37.1 Å². The molecule has 0 unspecified atom stereocenters. The predicted molar refractivity (Wildman–Crippen MR) is 156 cm³/mol. The van der Waals surface area contributed by atoms with Crippen LogP contribution in [0.3, 0.4) is 0 Å². The second kappa shape index (κ2) is 12.7. The molecule has 214 valence electrons. The molecular weight excluding hydrogens is 522 g/mol. The number of hydrogen-bond acceptors (Lipinski definition) is 7. The van der Waals surface area contributed by atoms with Crippen molar-refractivity contribution >= 4 is 28.8 Å². The van der Waals surface area contributed by atoms with Gasteiger partial charge in [0.05, 0.1) is 13.0 Å². The van der Waals surface area contributed by atoms with Crippen LogP contribution in [-0.2, 0) is 33.8 Å². The minimum absolute atomic E-state index is 0.113. The quantitative estimate of drug-likeness (QED) is 0.165. The van der Waals surface area contributed by atoms with Crippen molar-refractivity contribution in [2.24, 2.45) is 0 Å². The summed E-state index contributed by atoms with van der Waals surface area (Å²) in [5, 5.41) is 3.55. The van der Waals surface area contributed by atoms with E-state index in [1.54, 1.807) is 13.0 Å². The van der Waals surface area contributed by atoms with Gasteiger partial charge >= 0.3 is 12.1 Å². The van der Waals surface area contributed by atoms with Crippen LogP contribution in [0.1, 0.15) is 61.9 Å². The molecule has 0 radical (unpaired) electrons. The van der Waals surface area contributed by atoms with Crippen molar-refractivity contribution in [1.82, 2.24) is 5.32 Å². The van der Waals surface area contributed by atoms with Crippen LogP contribution in [0.4, 0.5) is 4.79 Å². The fraction of sp³-hybridized carbons (Fsp3) is 0.303. The Morgan fingerprint density at radius 1 is 0.927 bits per heavy atom. The van der Waals surface area contributed by atoms with Gasteiger partial charge in [-0.2, -0.15) is 0 Å². The number of carbonyl (C=O) groups is 3. The largest absolute Gasteiger partial charge is 0.489 e. The highest BCUT2D eigenvalue weighted by Gasteiger charge is 2.18. The van der Waals surface area contributed by atoms with Crippen LogP contribution in [0.5, 0.6) is 5.75 Å². The van der Waals surface area contributed by atoms with Crippen molar-refractivity contribution in [3.05, 3.63) is 89.2 Å². The number of fused-ring (bicyclic) bond motifs is 1. The fourth-order valence-corrected chi connectivity index (χ4v) is 4.34. The van der Waals surface area contributed by atoms with Crippen LogP contribution < -0.4 is 10.1 Å². The molecule has 8 heteroatoms. The van der Waals surface area contributed by atoms with Gasteiger partial charge in [-0.25, -0.2) is 4.79 Å². The highest BCUT2D eigenvalue weighted by atomic mass is 16.6. The third-order valence-electron chi connectivity index (χ3n) is 6.10. The minimum Gasteiger partial charge on any atom is -0.489 e. The van der Waals surface area contributed by atoms with Gasteiger partial charge in [-0.05, 0) is 74.7 Å². The lowest BCUT2D eigenvalue weighted by Crippen LogP contribution is -2.32. The summed E-state index contributed by atoms with van der Waals surface area (Å²) in [4.78, 5) is 36.4. The molecule has 0 fully saturated rings. The number of carbonyl (C=O) groups excluding carboxylic acids is 3. The fourth-order valence-electron chi connectivity index (χ4n) is 4.34. The third kappa shape index (κ3) is 7.97. The smallest absolute Gasteiger partial charge is 0.407 e. The van der Waals surface area contributed by atoms with Crippen LogP contribution in [0.2, 0.25) is 0 Å². The van der Waals surface area contributed by atoms with E-state index in [0.29, 0.717) is 17.9 Å². The summed E-state index contributed by atoms with van der Waals surface area (Å²) in [7, 11) is 0. The zero-order valence-electron chi connectivity index (χ0n) is 24.0. The maximum Gasteiger partial charge on any atom is 0.407 e.